The van der Waals surface area contributed by atoms with Crippen molar-refractivity contribution in [1.29, 1.82) is 0 Å². The van der Waals surface area contributed by atoms with Gasteiger partial charge in [-0.15, -0.1) is 0 Å². The molecule has 1 saturated heterocycles. The van der Waals surface area contributed by atoms with Gasteiger partial charge in [0.2, 0.25) is 0 Å². The molecule has 7 nitrogen and oxygen atoms in total. The molecule has 0 bridgehead atoms. The standard InChI is InChI=1S/C15H19N3O4/c16-15(22)17-9-12-6-1-2-7-18(12)13(19)10-4-3-5-11(8-10)14(20)21/h3-5,8,12H,1-2,6-7,9H2,(H,20,21)(H3,16,17,22). The molecule has 0 saturated carbocycles. The van der Waals surface area contributed by atoms with E-state index in [9.17, 15) is 14.4 Å². The lowest BCUT2D eigenvalue weighted by Gasteiger charge is -2.35. The van der Waals surface area contributed by atoms with Gasteiger partial charge < -0.3 is 21.1 Å². The molecule has 118 valence electrons. The number of piperidine rings is 1. The predicted molar refractivity (Wildman–Crippen MR) is 79.7 cm³/mol. The van der Waals surface area contributed by atoms with Crippen LogP contribution < -0.4 is 11.1 Å². The molecule has 1 fully saturated rings. The van der Waals surface area contributed by atoms with E-state index in [1.165, 1.54) is 12.1 Å². The summed E-state index contributed by atoms with van der Waals surface area (Å²) < 4.78 is 0. The number of benzene rings is 1. The van der Waals surface area contributed by atoms with Crippen molar-refractivity contribution in [1.82, 2.24) is 10.2 Å². The largest absolute Gasteiger partial charge is 0.478 e. The fourth-order valence-electron chi connectivity index (χ4n) is 2.65. The molecule has 7 heteroatoms. The zero-order valence-electron chi connectivity index (χ0n) is 12.1. The Hall–Kier alpha value is -2.57. The molecule has 1 aliphatic rings. The quantitative estimate of drug-likeness (QED) is 0.771. The fraction of sp³-hybridized carbons (Fsp3) is 0.400. The van der Waals surface area contributed by atoms with Crippen LogP contribution in [0.25, 0.3) is 0 Å². The smallest absolute Gasteiger partial charge is 0.335 e. The molecule has 0 radical (unpaired) electrons. The van der Waals surface area contributed by atoms with E-state index in [1.54, 1.807) is 17.0 Å². The molecule has 1 aromatic rings. The highest BCUT2D eigenvalue weighted by Crippen LogP contribution is 2.20. The summed E-state index contributed by atoms with van der Waals surface area (Å²) in [5.74, 6) is -1.29. The summed E-state index contributed by atoms with van der Waals surface area (Å²) in [5.41, 5.74) is 5.49. The number of nitrogens with one attached hydrogen (secondary N) is 1. The number of carboxylic acids is 1. The lowest BCUT2D eigenvalue weighted by molar-refractivity contribution is 0.0615. The summed E-state index contributed by atoms with van der Waals surface area (Å²) in [6.07, 6.45) is 2.64. The Morgan fingerprint density at radius 1 is 1.27 bits per heavy atom. The lowest BCUT2D eigenvalue weighted by Crippen LogP contribution is -2.50. The first-order chi connectivity index (χ1) is 10.5. The lowest BCUT2D eigenvalue weighted by atomic mass is 10.00. The monoisotopic (exact) mass is 305 g/mol. The van der Waals surface area contributed by atoms with E-state index in [-0.39, 0.29) is 17.5 Å². The highest BCUT2D eigenvalue weighted by molar-refractivity contribution is 5.97. The summed E-state index contributed by atoms with van der Waals surface area (Å²) >= 11 is 0. The number of nitrogens with zero attached hydrogens (tertiary/aromatic N) is 1. The topological polar surface area (TPSA) is 113 Å². The van der Waals surface area contributed by atoms with Crippen LogP contribution in [0.2, 0.25) is 0 Å². The molecule has 1 unspecified atom stereocenters. The van der Waals surface area contributed by atoms with Gasteiger partial charge in [0.1, 0.15) is 0 Å². The van der Waals surface area contributed by atoms with Gasteiger partial charge in [-0.3, -0.25) is 4.79 Å². The van der Waals surface area contributed by atoms with Gasteiger partial charge in [-0.2, -0.15) is 0 Å². The van der Waals surface area contributed by atoms with E-state index < -0.39 is 12.0 Å². The molecule has 22 heavy (non-hydrogen) atoms. The minimum atomic E-state index is -1.07. The maximum Gasteiger partial charge on any atom is 0.335 e. The number of carbonyl (C=O) groups is 3. The number of hydrogen-bond acceptors (Lipinski definition) is 3. The number of rotatable bonds is 4. The van der Waals surface area contributed by atoms with Crippen LogP contribution in [0.1, 0.15) is 40.0 Å². The van der Waals surface area contributed by atoms with Crippen LogP contribution in [0.4, 0.5) is 4.79 Å². The van der Waals surface area contributed by atoms with Gasteiger partial charge in [0.25, 0.3) is 5.91 Å². The zero-order chi connectivity index (χ0) is 16.1. The number of hydrogen-bond donors (Lipinski definition) is 3. The molecule has 1 aliphatic heterocycles. The first kappa shape index (κ1) is 15.8. The predicted octanol–water partition coefficient (Wildman–Crippen LogP) is 1.05. The van der Waals surface area contributed by atoms with Crippen molar-refractivity contribution in [3.05, 3.63) is 35.4 Å². The van der Waals surface area contributed by atoms with Crippen LogP contribution in [0.15, 0.2) is 24.3 Å². The summed E-state index contributed by atoms with van der Waals surface area (Å²) in [4.78, 5) is 36.2. The Balaban J connectivity index is 2.16. The minimum Gasteiger partial charge on any atom is -0.478 e. The molecule has 1 heterocycles. The molecule has 0 spiro atoms. The number of urea groups is 1. The van der Waals surface area contributed by atoms with Crippen molar-refractivity contribution in [2.45, 2.75) is 25.3 Å². The number of carboxylic acid groups (broad SMARTS) is 1. The molecule has 2 rings (SSSR count). The maximum atomic E-state index is 12.6. The second kappa shape index (κ2) is 6.93. The van der Waals surface area contributed by atoms with Crippen LogP contribution in [0.5, 0.6) is 0 Å². The fourth-order valence-corrected chi connectivity index (χ4v) is 2.65. The van der Waals surface area contributed by atoms with Gasteiger partial charge in [0.05, 0.1) is 5.56 Å². The summed E-state index contributed by atoms with van der Waals surface area (Å²) in [6.45, 7) is 0.890. The minimum absolute atomic E-state index is 0.0784. The van der Waals surface area contributed by atoms with Crippen molar-refractivity contribution in [2.75, 3.05) is 13.1 Å². The van der Waals surface area contributed by atoms with Crippen LogP contribution in [-0.4, -0.2) is 47.0 Å². The van der Waals surface area contributed by atoms with E-state index in [1.807, 2.05) is 0 Å². The Morgan fingerprint density at radius 2 is 2.00 bits per heavy atom. The third-order valence-corrected chi connectivity index (χ3v) is 3.76. The van der Waals surface area contributed by atoms with Gasteiger partial charge in [0.15, 0.2) is 0 Å². The van der Waals surface area contributed by atoms with Crippen LogP contribution in [-0.2, 0) is 0 Å². The third kappa shape index (κ3) is 3.75. The normalized spacial score (nSPS) is 17.8. The average molecular weight is 305 g/mol. The summed E-state index contributed by atoms with van der Waals surface area (Å²) in [7, 11) is 0. The van der Waals surface area contributed by atoms with E-state index in [4.69, 9.17) is 10.8 Å². The summed E-state index contributed by atoms with van der Waals surface area (Å²) in [6, 6.07) is 5.23. The van der Waals surface area contributed by atoms with E-state index in [2.05, 4.69) is 5.32 Å². The average Bonchev–Trinajstić information content (AvgIpc) is 2.52. The number of primary amides is 1. The second-order valence-corrected chi connectivity index (χ2v) is 5.28. The number of aromatic carboxylic acids is 1. The van der Waals surface area contributed by atoms with Crippen molar-refractivity contribution >= 4 is 17.9 Å². The molecule has 0 aromatic heterocycles. The highest BCUT2D eigenvalue weighted by Gasteiger charge is 2.27. The third-order valence-electron chi connectivity index (χ3n) is 3.76. The van der Waals surface area contributed by atoms with Gasteiger partial charge >= 0.3 is 12.0 Å². The molecule has 1 aromatic carbocycles. The molecular formula is C15H19N3O4. The number of carbonyl (C=O) groups excluding carboxylic acids is 2. The molecular weight excluding hydrogens is 286 g/mol. The SMILES string of the molecule is NC(=O)NCC1CCCCN1C(=O)c1cccc(C(=O)O)c1. The Bertz CT molecular complexity index is 588. The zero-order valence-corrected chi connectivity index (χ0v) is 12.1. The maximum absolute atomic E-state index is 12.6. The van der Waals surface area contributed by atoms with Crippen molar-refractivity contribution in [3.8, 4) is 0 Å². The second-order valence-electron chi connectivity index (χ2n) is 5.28. The van der Waals surface area contributed by atoms with Gasteiger partial charge in [-0.1, -0.05) is 6.07 Å². The highest BCUT2D eigenvalue weighted by atomic mass is 16.4. The summed E-state index contributed by atoms with van der Waals surface area (Å²) in [5, 5.41) is 11.5. The number of nitrogens with two attached hydrogens (primary N) is 1. The van der Waals surface area contributed by atoms with Gasteiger partial charge in [-0.05, 0) is 37.5 Å². The van der Waals surface area contributed by atoms with Crippen molar-refractivity contribution in [2.24, 2.45) is 5.73 Å². The number of likely N-dealkylation sites (tertiary alicyclic amines) is 1. The Labute approximate surface area is 128 Å². The molecule has 3 amide bonds. The molecule has 1 atom stereocenters. The van der Waals surface area contributed by atoms with E-state index in [0.29, 0.717) is 18.7 Å². The first-order valence-corrected chi connectivity index (χ1v) is 7.16. The van der Waals surface area contributed by atoms with E-state index in [0.717, 1.165) is 19.3 Å². The van der Waals surface area contributed by atoms with Crippen molar-refractivity contribution in [3.63, 3.8) is 0 Å². The van der Waals surface area contributed by atoms with Crippen LogP contribution in [0, 0.1) is 0 Å². The Morgan fingerprint density at radius 3 is 2.68 bits per heavy atom. The Kier molecular flexibility index (Phi) is 4.98. The van der Waals surface area contributed by atoms with Crippen LogP contribution in [0.3, 0.4) is 0 Å². The van der Waals surface area contributed by atoms with Crippen LogP contribution >= 0.6 is 0 Å². The molecule has 4 N–H and O–H groups in total. The number of amides is 3. The van der Waals surface area contributed by atoms with Crippen molar-refractivity contribution < 1.29 is 19.5 Å². The molecule has 0 aliphatic carbocycles. The van der Waals surface area contributed by atoms with Gasteiger partial charge in [0, 0.05) is 24.7 Å². The first-order valence-electron chi connectivity index (χ1n) is 7.16. The van der Waals surface area contributed by atoms with Gasteiger partial charge in [-0.25, -0.2) is 9.59 Å². The van der Waals surface area contributed by atoms with E-state index >= 15 is 0 Å².